The highest BCUT2D eigenvalue weighted by Gasteiger charge is 2.27. The molecule has 6 heteroatoms. The summed E-state index contributed by atoms with van der Waals surface area (Å²) in [5, 5.41) is 1.17. The number of hydrogen-bond donors (Lipinski definition) is 1. The lowest BCUT2D eigenvalue weighted by Crippen LogP contribution is -2.46. The number of nitrogens with zero attached hydrogens (tertiary/aromatic N) is 2. The minimum atomic E-state index is -0.297. The van der Waals surface area contributed by atoms with E-state index in [9.17, 15) is 9.59 Å². The molecule has 1 aromatic heterocycles. The van der Waals surface area contributed by atoms with Gasteiger partial charge in [0.2, 0.25) is 11.8 Å². The molecule has 1 heterocycles. The van der Waals surface area contributed by atoms with Crippen LogP contribution in [0.5, 0.6) is 0 Å². The van der Waals surface area contributed by atoms with Crippen molar-refractivity contribution in [1.29, 1.82) is 0 Å². The van der Waals surface area contributed by atoms with Crippen LogP contribution in [-0.2, 0) is 27.3 Å². The topological polar surface area (TPSA) is 65.6 Å². The monoisotopic (exact) mass is 511 g/mol. The van der Waals surface area contributed by atoms with Crippen LogP contribution in [0.3, 0.4) is 0 Å². The average Bonchev–Trinajstić information content (AvgIpc) is 3.37. The molecular weight excluding hydrogens is 474 g/mol. The van der Waals surface area contributed by atoms with E-state index in [1.54, 1.807) is 12.0 Å². The van der Waals surface area contributed by atoms with Gasteiger partial charge in [0, 0.05) is 43.8 Å². The van der Waals surface area contributed by atoms with Gasteiger partial charge in [-0.2, -0.15) is 0 Å². The Bertz CT molecular complexity index is 1300. The fraction of sp³-hybridized carbons (Fsp3) is 0.312. The lowest BCUT2D eigenvalue weighted by Gasteiger charge is -2.30. The first-order valence-electron chi connectivity index (χ1n) is 13.3. The second-order valence-electron chi connectivity index (χ2n) is 9.53. The Morgan fingerprint density at radius 2 is 1.55 bits per heavy atom. The van der Waals surface area contributed by atoms with Crippen LogP contribution in [0.4, 0.5) is 0 Å². The Hall–Kier alpha value is -3.90. The largest absolute Gasteiger partial charge is 0.383 e. The van der Waals surface area contributed by atoms with Crippen molar-refractivity contribution in [3.8, 4) is 0 Å². The molecule has 1 unspecified atom stereocenters. The van der Waals surface area contributed by atoms with Crippen LogP contribution >= 0.6 is 0 Å². The van der Waals surface area contributed by atoms with Crippen LogP contribution in [0.1, 0.15) is 36.0 Å². The van der Waals surface area contributed by atoms with Crippen LogP contribution in [0.2, 0.25) is 0 Å². The number of aromatic amines is 1. The molecule has 0 saturated heterocycles. The van der Waals surface area contributed by atoms with Crippen molar-refractivity contribution in [3.05, 3.63) is 108 Å². The number of aromatic nitrogens is 1. The highest BCUT2D eigenvalue weighted by Crippen LogP contribution is 2.23. The van der Waals surface area contributed by atoms with Crippen LogP contribution in [-0.4, -0.2) is 59.9 Å². The summed E-state index contributed by atoms with van der Waals surface area (Å²) < 4.78 is 5.29. The van der Waals surface area contributed by atoms with E-state index in [-0.39, 0.29) is 24.3 Å². The molecule has 0 aliphatic heterocycles. The van der Waals surface area contributed by atoms with Crippen molar-refractivity contribution in [1.82, 2.24) is 14.8 Å². The summed E-state index contributed by atoms with van der Waals surface area (Å²) in [5.74, 6) is -0.406. The number of carbonyl (C=O) groups is 2. The van der Waals surface area contributed by atoms with Crippen LogP contribution in [0, 0.1) is 0 Å². The normalized spacial score (nSPS) is 11.8. The van der Waals surface area contributed by atoms with Crippen molar-refractivity contribution >= 4 is 22.7 Å². The zero-order valence-corrected chi connectivity index (χ0v) is 22.3. The van der Waals surface area contributed by atoms with E-state index >= 15 is 0 Å². The van der Waals surface area contributed by atoms with Crippen molar-refractivity contribution in [3.63, 3.8) is 0 Å². The number of rotatable bonds is 13. The highest BCUT2D eigenvalue weighted by atomic mass is 16.5. The number of hydrogen-bond acceptors (Lipinski definition) is 3. The maximum Gasteiger partial charge on any atom is 0.242 e. The summed E-state index contributed by atoms with van der Waals surface area (Å²) >= 11 is 0. The summed E-state index contributed by atoms with van der Waals surface area (Å²) in [5.41, 5.74) is 4.29. The van der Waals surface area contributed by atoms with Gasteiger partial charge in [-0.15, -0.1) is 0 Å². The SMILES string of the molecule is CCC(C(=O)N(CCOC)CC(=O)N(CCc1c[nH]c2ccccc12)Cc1ccccc1)c1ccccc1. The molecule has 4 aromatic rings. The van der Waals surface area contributed by atoms with Gasteiger partial charge in [-0.3, -0.25) is 9.59 Å². The average molecular weight is 512 g/mol. The molecule has 0 bridgehead atoms. The molecule has 0 aliphatic rings. The Labute approximate surface area is 225 Å². The third-order valence-corrected chi connectivity index (χ3v) is 7.01. The third-order valence-electron chi connectivity index (χ3n) is 7.01. The number of methoxy groups -OCH3 is 1. The van der Waals surface area contributed by atoms with Gasteiger partial charge < -0.3 is 19.5 Å². The number of ether oxygens (including phenoxy) is 1. The third kappa shape index (κ3) is 6.90. The fourth-order valence-electron chi connectivity index (χ4n) is 4.88. The van der Waals surface area contributed by atoms with E-state index in [1.165, 1.54) is 10.9 Å². The Morgan fingerprint density at radius 1 is 0.868 bits per heavy atom. The van der Waals surface area contributed by atoms with Gasteiger partial charge in [-0.05, 0) is 35.6 Å². The number of nitrogens with one attached hydrogen (secondary N) is 1. The Balaban J connectivity index is 1.53. The number of H-pyrrole nitrogens is 1. The molecule has 0 spiro atoms. The van der Waals surface area contributed by atoms with Crippen LogP contribution in [0.15, 0.2) is 91.1 Å². The first kappa shape index (κ1) is 27.1. The van der Waals surface area contributed by atoms with Crippen molar-refractivity contribution < 1.29 is 14.3 Å². The Morgan fingerprint density at radius 3 is 2.26 bits per heavy atom. The molecule has 198 valence electrons. The lowest BCUT2D eigenvalue weighted by atomic mass is 9.95. The number of para-hydroxylation sites is 1. The van der Waals surface area contributed by atoms with Gasteiger partial charge in [0.15, 0.2) is 0 Å². The summed E-state index contributed by atoms with van der Waals surface area (Å²) in [6.07, 6.45) is 3.40. The predicted molar refractivity (Wildman–Crippen MR) is 152 cm³/mol. The molecule has 0 radical (unpaired) electrons. The Kier molecular flexibility index (Phi) is 9.71. The first-order valence-corrected chi connectivity index (χ1v) is 13.3. The molecule has 4 rings (SSSR count). The number of benzene rings is 3. The lowest BCUT2D eigenvalue weighted by molar-refractivity contribution is -0.142. The zero-order valence-electron chi connectivity index (χ0n) is 22.3. The second kappa shape index (κ2) is 13.6. The predicted octanol–water partition coefficient (Wildman–Crippen LogP) is 5.41. The molecule has 0 aliphatic carbocycles. The van der Waals surface area contributed by atoms with Gasteiger partial charge >= 0.3 is 0 Å². The molecule has 0 fully saturated rings. The van der Waals surface area contributed by atoms with E-state index < -0.39 is 0 Å². The summed E-state index contributed by atoms with van der Waals surface area (Å²) in [6, 6.07) is 28.0. The van der Waals surface area contributed by atoms with Gasteiger partial charge in [-0.25, -0.2) is 0 Å². The van der Waals surface area contributed by atoms with E-state index in [0.29, 0.717) is 32.7 Å². The number of amides is 2. The van der Waals surface area contributed by atoms with Crippen LogP contribution in [0.25, 0.3) is 10.9 Å². The molecular formula is C32H37N3O3. The van der Waals surface area contributed by atoms with Crippen molar-refractivity contribution in [2.45, 2.75) is 32.2 Å². The summed E-state index contributed by atoms with van der Waals surface area (Å²) in [6.45, 7) is 3.81. The van der Waals surface area contributed by atoms with Crippen LogP contribution < -0.4 is 0 Å². The van der Waals surface area contributed by atoms with Crippen molar-refractivity contribution in [2.75, 3.05) is 33.4 Å². The smallest absolute Gasteiger partial charge is 0.242 e. The molecule has 0 saturated carbocycles. The van der Waals surface area contributed by atoms with Gasteiger partial charge in [-0.1, -0.05) is 85.8 Å². The molecule has 1 atom stereocenters. The van der Waals surface area contributed by atoms with E-state index in [0.717, 1.165) is 23.1 Å². The number of carbonyl (C=O) groups excluding carboxylic acids is 2. The quantitative estimate of drug-likeness (QED) is 0.261. The maximum absolute atomic E-state index is 13.8. The fourth-order valence-corrected chi connectivity index (χ4v) is 4.88. The molecule has 38 heavy (non-hydrogen) atoms. The van der Waals surface area contributed by atoms with E-state index in [4.69, 9.17) is 4.74 Å². The zero-order chi connectivity index (χ0) is 26.7. The second-order valence-corrected chi connectivity index (χ2v) is 9.53. The molecule has 6 nitrogen and oxygen atoms in total. The minimum Gasteiger partial charge on any atom is -0.383 e. The first-order chi connectivity index (χ1) is 18.6. The molecule has 3 aromatic carbocycles. The highest BCUT2D eigenvalue weighted by molar-refractivity contribution is 5.89. The summed E-state index contributed by atoms with van der Waals surface area (Å²) in [4.78, 5) is 34.3. The molecule has 2 amide bonds. The molecule has 1 N–H and O–H groups in total. The maximum atomic E-state index is 13.8. The standard InChI is InChI=1S/C32H37N3O3/c1-3-28(26-14-8-5-9-15-26)32(37)35(20-21-38-2)24-31(36)34(23-25-12-6-4-7-13-25)19-18-27-22-33-30-17-11-10-16-29(27)30/h4-17,22,28,33H,3,18-21,23-24H2,1-2H3. The number of fused-ring (bicyclic) bond motifs is 1. The summed E-state index contributed by atoms with van der Waals surface area (Å²) in [7, 11) is 1.61. The van der Waals surface area contributed by atoms with Gasteiger partial charge in [0.25, 0.3) is 0 Å². The van der Waals surface area contributed by atoms with E-state index in [2.05, 4.69) is 17.1 Å². The van der Waals surface area contributed by atoms with Crippen molar-refractivity contribution in [2.24, 2.45) is 0 Å². The van der Waals surface area contributed by atoms with E-state index in [1.807, 2.05) is 90.8 Å². The van der Waals surface area contributed by atoms with Gasteiger partial charge in [0.05, 0.1) is 19.1 Å². The minimum absolute atomic E-state index is 0.0201. The van der Waals surface area contributed by atoms with Gasteiger partial charge in [0.1, 0.15) is 0 Å².